The third-order valence-corrected chi connectivity index (χ3v) is 8.77. The molecule has 0 bridgehead atoms. The molecule has 3 amide bonds. The number of rotatable bonds is 5. The highest BCUT2D eigenvalue weighted by Gasteiger charge is 2.35. The zero-order valence-electron chi connectivity index (χ0n) is 18.4. The summed E-state index contributed by atoms with van der Waals surface area (Å²) in [5.41, 5.74) is 1.05. The Kier molecular flexibility index (Phi) is 5.70. The molecule has 1 atom stereocenters. The minimum Gasteiger partial charge on any atom is -0.340 e. The summed E-state index contributed by atoms with van der Waals surface area (Å²) in [4.78, 5) is 43.9. The molecule has 3 heterocycles. The van der Waals surface area contributed by atoms with Crippen molar-refractivity contribution in [1.29, 1.82) is 0 Å². The van der Waals surface area contributed by atoms with Gasteiger partial charge in [0.1, 0.15) is 0 Å². The van der Waals surface area contributed by atoms with Crippen molar-refractivity contribution < 1.29 is 22.8 Å². The molecule has 0 radical (unpaired) electrons. The molecule has 33 heavy (non-hydrogen) atoms. The highest BCUT2D eigenvalue weighted by molar-refractivity contribution is 7.91. The molecule has 174 valence electrons. The van der Waals surface area contributed by atoms with Gasteiger partial charge in [-0.05, 0) is 30.4 Å². The minimum absolute atomic E-state index is 0.00750. The number of amides is 3. The van der Waals surface area contributed by atoms with Crippen molar-refractivity contribution in [3.63, 3.8) is 0 Å². The predicted molar refractivity (Wildman–Crippen MR) is 124 cm³/mol. The maximum Gasteiger partial charge on any atom is 0.261 e. The van der Waals surface area contributed by atoms with E-state index in [1.807, 2.05) is 24.3 Å². The van der Waals surface area contributed by atoms with Gasteiger partial charge in [-0.1, -0.05) is 24.3 Å². The first-order valence-electron chi connectivity index (χ1n) is 11.4. The molecule has 2 aromatic carbocycles. The fraction of sp³-hybridized carbons (Fsp3) is 0.458. The summed E-state index contributed by atoms with van der Waals surface area (Å²) in [6.45, 7) is 2.71. The maximum absolute atomic E-state index is 13.0. The summed E-state index contributed by atoms with van der Waals surface area (Å²) < 4.78 is 23.5. The van der Waals surface area contributed by atoms with E-state index in [4.69, 9.17) is 0 Å². The Morgan fingerprint density at radius 1 is 0.939 bits per heavy atom. The lowest BCUT2D eigenvalue weighted by atomic mass is 9.94. The van der Waals surface area contributed by atoms with E-state index in [9.17, 15) is 22.8 Å². The number of imide groups is 1. The summed E-state index contributed by atoms with van der Waals surface area (Å²) in [7, 11) is -2.92. The van der Waals surface area contributed by atoms with E-state index in [2.05, 4.69) is 4.90 Å². The molecule has 0 spiro atoms. The number of sulfone groups is 1. The average Bonchev–Trinajstić information content (AvgIpc) is 3.19. The molecule has 2 saturated heterocycles. The number of nitrogens with zero attached hydrogens (tertiary/aromatic N) is 3. The van der Waals surface area contributed by atoms with Crippen LogP contribution in [0.2, 0.25) is 0 Å². The van der Waals surface area contributed by atoms with Crippen molar-refractivity contribution in [2.45, 2.75) is 25.3 Å². The molecule has 2 aromatic rings. The molecule has 0 aromatic heterocycles. The first-order chi connectivity index (χ1) is 15.8. The number of carbonyl (C=O) groups excluding carboxylic acids is 3. The predicted octanol–water partition coefficient (Wildman–Crippen LogP) is 1.55. The van der Waals surface area contributed by atoms with E-state index in [1.165, 1.54) is 4.90 Å². The van der Waals surface area contributed by atoms with E-state index in [0.717, 1.165) is 5.39 Å². The lowest BCUT2D eigenvalue weighted by Gasteiger charge is -2.37. The van der Waals surface area contributed by atoms with Gasteiger partial charge in [0.2, 0.25) is 5.91 Å². The van der Waals surface area contributed by atoms with Gasteiger partial charge in [0, 0.05) is 61.7 Å². The molecule has 3 aliphatic heterocycles. The van der Waals surface area contributed by atoms with Crippen LogP contribution in [-0.4, -0.2) is 91.1 Å². The molecular weight excluding hydrogens is 442 g/mol. The summed E-state index contributed by atoms with van der Waals surface area (Å²) in [6.07, 6.45) is 1.35. The summed E-state index contributed by atoms with van der Waals surface area (Å²) >= 11 is 0. The quantitative estimate of drug-likeness (QED) is 0.617. The van der Waals surface area contributed by atoms with Gasteiger partial charge in [0.05, 0.1) is 11.5 Å². The van der Waals surface area contributed by atoms with Crippen molar-refractivity contribution in [2.24, 2.45) is 0 Å². The van der Waals surface area contributed by atoms with Gasteiger partial charge in [-0.2, -0.15) is 0 Å². The van der Waals surface area contributed by atoms with Gasteiger partial charge < -0.3 is 4.90 Å². The van der Waals surface area contributed by atoms with Crippen LogP contribution in [0.5, 0.6) is 0 Å². The largest absolute Gasteiger partial charge is 0.340 e. The Hall–Kier alpha value is -2.78. The molecule has 8 nitrogen and oxygen atoms in total. The number of benzene rings is 2. The van der Waals surface area contributed by atoms with Gasteiger partial charge in [-0.15, -0.1) is 0 Å². The van der Waals surface area contributed by atoms with Crippen molar-refractivity contribution in [3.8, 4) is 0 Å². The first-order valence-corrected chi connectivity index (χ1v) is 13.3. The molecule has 9 heteroatoms. The second-order valence-corrected chi connectivity index (χ2v) is 11.3. The van der Waals surface area contributed by atoms with Gasteiger partial charge >= 0.3 is 0 Å². The van der Waals surface area contributed by atoms with Crippen molar-refractivity contribution in [2.75, 3.05) is 44.2 Å². The normalized spacial score (nSPS) is 22.8. The van der Waals surface area contributed by atoms with Crippen LogP contribution in [0.1, 0.15) is 40.0 Å². The Morgan fingerprint density at radius 3 is 2.15 bits per heavy atom. The number of piperazine rings is 1. The Bertz CT molecular complexity index is 1180. The smallest absolute Gasteiger partial charge is 0.261 e. The molecule has 2 fully saturated rings. The van der Waals surface area contributed by atoms with E-state index >= 15 is 0 Å². The van der Waals surface area contributed by atoms with Crippen LogP contribution in [0.3, 0.4) is 0 Å². The molecule has 0 saturated carbocycles. The third kappa shape index (κ3) is 4.15. The standard InChI is InChI=1S/C24H27N3O5S/c28-21(26-13-11-25(12-14-26)18-9-15-33(31,32)16-18)8-3-10-27-23(29)19-6-1-4-17-5-2-7-20(22(17)19)24(27)30/h1-2,4-7,18H,3,8-16H2. The second kappa shape index (κ2) is 8.53. The highest BCUT2D eigenvalue weighted by Crippen LogP contribution is 2.30. The summed E-state index contributed by atoms with van der Waals surface area (Å²) in [5.74, 6) is -0.138. The lowest BCUT2D eigenvalue weighted by molar-refractivity contribution is -0.133. The van der Waals surface area contributed by atoms with Crippen LogP contribution in [0.25, 0.3) is 10.8 Å². The molecule has 1 unspecified atom stereocenters. The second-order valence-electron chi connectivity index (χ2n) is 9.05. The zero-order valence-corrected chi connectivity index (χ0v) is 19.2. The lowest BCUT2D eigenvalue weighted by Crippen LogP contribution is -2.52. The van der Waals surface area contributed by atoms with E-state index in [1.54, 1.807) is 17.0 Å². The fourth-order valence-corrected chi connectivity index (χ4v) is 6.99. The fourth-order valence-electron chi connectivity index (χ4n) is 5.23. The summed E-state index contributed by atoms with van der Waals surface area (Å²) in [5, 5.41) is 1.58. The van der Waals surface area contributed by atoms with Crippen LogP contribution < -0.4 is 0 Å². The number of hydrogen-bond acceptors (Lipinski definition) is 6. The van der Waals surface area contributed by atoms with Gasteiger partial charge in [-0.25, -0.2) is 8.42 Å². The van der Waals surface area contributed by atoms with Crippen LogP contribution in [0.4, 0.5) is 0 Å². The summed E-state index contributed by atoms with van der Waals surface area (Å²) in [6, 6.07) is 11.0. The minimum atomic E-state index is -2.92. The molecule has 0 aliphatic carbocycles. The molecule has 3 aliphatic rings. The Morgan fingerprint density at radius 2 is 1.58 bits per heavy atom. The molecule has 5 rings (SSSR count). The maximum atomic E-state index is 13.0. The van der Waals surface area contributed by atoms with Gasteiger partial charge in [-0.3, -0.25) is 24.2 Å². The van der Waals surface area contributed by atoms with E-state index < -0.39 is 9.84 Å². The topological polar surface area (TPSA) is 95.1 Å². The van der Waals surface area contributed by atoms with Gasteiger partial charge in [0.15, 0.2) is 9.84 Å². The monoisotopic (exact) mass is 469 g/mol. The van der Waals surface area contributed by atoms with Crippen LogP contribution in [-0.2, 0) is 14.6 Å². The highest BCUT2D eigenvalue weighted by atomic mass is 32.2. The number of carbonyl (C=O) groups is 3. The van der Waals surface area contributed by atoms with E-state index in [-0.39, 0.29) is 48.2 Å². The van der Waals surface area contributed by atoms with Gasteiger partial charge in [0.25, 0.3) is 11.8 Å². The van der Waals surface area contributed by atoms with Crippen molar-refractivity contribution in [1.82, 2.24) is 14.7 Å². The molecular formula is C24H27N3O5S. The third-order valence-electron chi connectivity index (χ3n) is 7.02. The molecule has 0 N–H and O–H groups in total. The average molecular weight is 470 g/mol. The Labute approximate surface area is 193 Å². The Balaban J connectivity index is 1.15. The van der Waals surface area contributed by atoms with Crippen molar-refractivity contribution in [3.05, 3.63) is 47.5 Å². The van der Waals surface area contributed by atoms with Crippen LogP contribution in [0.15, 0.2) is 36.4 Å². The van der Waals surface area contributed by atoms with Crippen LogP contribution >= 0.6 is 0 Å². The van der Waals surface area contributed by atoms with Crippen LogP contribution in [0, 0.1) is 0 Å². The first kappa shape index (κ1) is 22.0. The SMILES string of the molecule is O=C(CCCN1C(=O)c2cccc3cccc(c23)C1=O)N1CCN(C2CCS(=O)(=O)C2)CC1. The van der Waals surface area contributed by atoms with Crippen molar-refractivity contribution >= 4 is 38.3 Å². The zero-order chi connectivity index (χ0) is 23.2. The number of hydrogen-bond donors (Lipinski definition) is 0. The van der Waals surface area contributed by atoms with E-state index in [0.29, 0.717) is 55.5 Å².